The molecule has 1 heterocycles. The van der Waals surface area contributed by atoms with Crippen molar-refractivity contribution in [2.45, 2.75) is 47.1 Å². The molecule has 0 bridgehead atoms. The third-order valence-corrected chi connectivity index (χ3v) is 3.54. The number of hydrogen-bond donors (Lipinski definition) is 2. The van der Waals surface area contributed by atoms with E-state index in [1.807, 2.05) is 26.0 Å². The fourth-order valence-electron chi connectivity index (χ4n) is 2.29. The summed E-state index contributed by atoms with van der Waals surface area (Å²) in [6, 6.07) is 5.50. The molecule has 134 valence electrons. The van der Waals surface area contributed by atoms with Crippen molar-refractivity contribution in [3.8, 4) is 0 Å². The Morgan fingerprint density at radius 3 is 2.60 bits per heavy atom. The SMILES string of the molecule is CCOC(=O)c1cccc(Nc2nc(NC(C)(C)C)ncc2C)c1C. The quantitative estimate of drug-likeness (QED) is 0.792. The summed E-state index contributed by atoms with van der Waals surface area (Å²) in [5, 5.41) is 6.56. The van der Waals surface area contributed by atoms with E-state index in [9.17, 15) is 4.79 Å². The van der Waals surface area contributed by atoms with Gasteiger partial charge in [0.1, 0.15) is 5.82 Å². The van der Waals surface area contributed by atoms with Gasteiger partial charge in [0, 0.05) is 23.0 Å². The van der Waals surface area contributed by atoms with Gasteiger partial charge in [-0.15, -0.1) is 0 Å². The molecule has 6 nitrogen and oxygen atoms in total. The Bertz CT molecular complexity index is 767. The Kier molecular flexibility index (Phi) is 5.62. The highest BCUT2D eigenvalue weighted by atomic mass is 16.5. The van der Waals surface area contributed by atoms with Crippen LogP contribution in [0.15, 0.2) is 24.4 Å². The van der Waals surface area contributed by atoms with Crippen LogP contribution in [-0.2, 0) is 4.74 Å². The summed E-state index contributed by atoms with van der Waals surface area (Å²) in [6.45, 7) is 12.1. The summed E-state index contributed by atoms with van der Waals surface area (Å²) in [5.41, 5.74) is 2.97. The van der Waals surface area contributed by atoms with Crippen LogP contribution in [-0.4, -0.2) is 28.1 Å². The number of benzene rings is 1. The van der Waals surface area contributed by atoms with Crippen LogP contribution >= 0.6 is 0 Å². The van der Waals surface area contributed by atoms with E-state index in [1.54, 1.807) is 19.2 Å². The molecule has 0 aliphatic carbocycles. The molecule has 1 aromatic carbocycles. The second-order valence-corrected chi connectivity index (χ2v) is 6.92. The highest BCUT2D eigenvalue weighted by Crippen LogP contribution is 2.25. The van der Waals surface area contributed by atoms with Gasteiger partial charge in [-0.2, -0.15) is 4.98 Å². The molecule has 0 spiro atoms. The fourth-order valence-corrected chi connectivity index (χ4v) is 2.29. The number of nitrogens with zero attached hydrogens (tertiary/aromatic N) is 2. The number of esters is 1. The molecule has 0 saturated carbocycles. The van der Waals surface area contributed by atoms with Gasteiger partial charge in [-0.3, -0.25) is 0 Å². The lowest BCUT2D eigenvalue weighted by Crippen LogP contribution is -2.27. The van der Waals surface area contributed by atoms with Gasteiger partial charge in [-0.1, -0.05) is 6.07 Å². The van der Waals surface area contributed by atoms with E-state index in [2.05, 4.69) is 41.4 Å². The zero-order valence-corrected chi connectivity index (χ0v) is 15.7. The Morgan fingerprint density at radius 1 is 1.24 bits per heavy atom. The maximum Gasteiger partial charge on any atom is 0.338 e. The van der Waals surface area contributed by atoms with Gasteiger partial charge in [-0.05, 0) is 59.2 Å². The maximum atomic E-state index is 12.1. The third kappa shape index (κ3) is 4.92. The van der Waals surface area contributed by atoms with Crippen LogP contribution in [0.2, 0.25) is 0 Å². The minimum Gasteiger partial charge on any atom is -0.462 e. The van der Waals surface area contributed by atoms with E-state index in [0.29, 0.717) is 23.9 Å². The van der Waals surface area contributed by atoms with Crippen molar-refractivity contribution in [1.29, 1.82) is 0 Å². The summed E-state index contributed by atoms with van der Waals surface area (Å²) >= 11 is 0. The maximum absolute atomic E-state index is 12.1. The predicted molar refractivity (Wildman–Crippen MR) is 101 cm³/mol. The second kappa shape index (κ2) is 7.51. The summed E-state index contributed by atoms with van der Waals surface area (Å²) in [6.07, 6.45) is 1.77. The molecule has 25 heavy (non-hydrogen) atoms. The van der Waals surface area contributed by atoms with Crippen molar-refractivity contribution in [2.24, 2.45) is 0 Å². The van der Waals surface area contributed by atoms with E-state index in [4.69, 9.17) is 4.74 Å². The molecule has 0 aliphatic rings. The predicted octanol–water partition coefficient (Wildman–Crippen LogP) is 4.22. The van der Waals surface area contributed by atoms with Crippen molar-refractivity contribution in [2.75, 3.05) is 17.2 Å². The van der Waals surface area contributed by atoms with Crippen LogP contribution in [0.4, 0.5) is 17.5 Å². The van der Waals surface area contributed by atoms with E-state index in [1.165, 1.54) is 0 Å². The van der Waals surface area contributed by atoms with Gasteiger partial charge in [0.15, 0.2) is 0 Å². The van der Waals surface area contributed by atoms with E-state index in [0.717, 1.165) is 16.8 Å². The average Bonchev–Trinajstić information content (AvgIpc) is 2.51. The summed E-state index contributed by atoms with van der Waals surface area (Å²) < 4.78 is 5.11. The molecule has 0 saturated heterocycles. The summed E-state index contributed by atoms with van der Waals surface area (Å²) in [4.78, 5) is 20.9. The first-order valence-corrected chi connectivity index (χ1v) is 8.37. The van der Waals surface area contributed by atoms with Crippen molar-refractivity contribution in [1.82, 2.24) is 9.97 Å². The lowest BCUT2D eigenvalue weighted by Gasteiger charge is -2.21. The standard InChI is InChI=1S/C19H26N4O2/c1-7-25-17(24)14-9-8-10-15(13(14)3)21-16-12(2)11-20-18(22-16)23-19(4,5)6/h8-11H,7H2,1-6H3,(H2,20,21,22,23). The summed E-state index contributed by atoms with van der Waals surface area (Å²) in [7, 11) is 0. The number of aromatic nitrogens is 2. The van der Waals surface area contributed by atoms with E-state index < -0.39 is 0 Å². The van der Waals surface area contributed by atoms with Crippen molar-refractivity contribution < 1.29 is 9.53 Å². The number of carbonyl (C=O) groups is 1. The van der Waals surface area contributed by atoms with E-state index in [-0.39, 0.29) is 11.5 Å². The molecule has 2 rings (SSSR count). The topological polar surface area (TPSA) is 76.1 Å². The van der Waals surface area contributed by atoms with Crippen molar-refractivity contribution in [3.05, 3.63) is 41.1 Å². The number of anilines is 3. The Balaban J connectivity index is 2.32. The van der Waals surface area contributed by atoms with Crippen LogP contribution < -0.4 is 10.6 Å². The first kappa shape index (κ1) is 18.7. The fraction of sp³-hybridized carbons (Fsp3) is 0.421. The molecule has 6 heteroatoms. The number of nitrogens with one attached hydrogen (secondary N) is 2. The van der Waals surface area contributed by atoms with Gasteiger partial charge in [0.2, 0.25) is 5.95 Å². The second-order valence-electron chi connectivity index (χ2n) is 6.92. The molecule has 0 radical (unpaired) electrons. The lowest BCUT2D eigenvalue weighted by molar-refractivity contribution is 0.0525. The highest BCUT2D eigenvalue weighted by Gasteiger charge is 2.15. The zero-order chi connectivity index (χ0) is 18.6. The van der Waals surface area contributed by atoms with Crippen LogP contribution in [0.25, 0.3) is 0 Å². The van der Waals surface area contributed by atoms with E-state index >= 15 is 0 Å². The monoisotopic (exact) mass is 342 g/mol. The van der Waals surface area contributed by atoms with Crippen molar-refractivity contribution >= 4 is 23.4 Å². The van der Waals surface area contributed by atoms with Crippen LogP contribution in [0.3, 0.4) is 0 Å². The number of hydrogen-bond acceptors (Lipinski definition) is 6. The first-order valence-electron chi connectivity index (χ1n) is 8.37. The van der Waals surface area contributed by atoms with Gasteiger partial charge >= 0.3 is 5.97 Å². The number of rotatable bonds is 5. The molecule has 0 aliphatic heterocycles. The summed E-state index contributed by atoms with van der Waals surface area (Å²) in [5.74, 6) is 0.934. The van der Waals surface area contributed by atoms with Crippen LogP contribution in [0.1, 0.15) is 49.2 Å². The van der Waals surface area contributed by atoms with Gasteiger partial charge in [0.25, 0.3) is 0 Å². The Labute approximate surface area is 149 Å². The molecule has 2 aromatic rings. The van der Waals surface area contributed by atoms with Gasteiger partial charge < -0.3 is 15.4 Å². The Hall–Kier alpha value is -2.63. The molecule has 2 N–H and O–H groups in total. The molecular weight excluding hydrogens is 316 g/mol. The molecule has 0 atom stereocenters. The average molecular weight is 342 g/mol. The number of aryl methyl sites for hydroxylation is 1. The molecule has 0 unspecified atom stereocenters. The normalized spacial score (nSPS) is 11.1. The first-order chi connectivity index (χ1) is 11.7. The lowest BCUT2D eigenvalue weighted by atomic mass is 10.1. The van der Waals surface area contributed by atoms with Crippen LogP contribution in [0.5, 0.6) is 0 Å². The number of carbonyl (C=O) groups excluding carboxylic acids is 1. The van der Waals surface area contributed by atoms with Gasteiger partial charge in [0.05, 0.1) is 12.2 Å². The molecular formula is C19H26N4O2. The smallest absolute Gasteiger partial charge is 0.338 e. The highest BCUT2D eigenvalue weighted by molar-refractivity contribution is 5.93. The van der Waals surface area contributed by atoms with Crippen LogP contribution in [0, 0.1) is 13.8 Å². The molecule has 1 aromatic heterocycles. The number of ether oxygens (including phenoxy) is 1. The minimum atomic E-state index is -0.321. The van der Waals surface area contributed by atoms with Crippen molar-refractivity contribution in [3.63, 3.8) is 0 Å². The molecule has 0 fully saturated rings. The van der Waals surface area contributed by atoms with Gasteiger partial charge in [-0.25, -0.2) is 9.78 Å². The zero-order valence-electron chi connectivity index (χ0n) is 15.7. The molecule has 0 amide bonds. The minimum absolute atomic E-state index is 0.133. The largest absolute Gasteiger partial charge is 0.462 e. The third-order valence-electron chi connectivity index (χ3n) is 3.54. The Morgan fingerprint density at radius 2 is 1.96 bits per heavy atom.